The molecule has 1 aliphatic rings. The van der Waals surface area contributed by atoms with Crippen molar-refractivity contribution in [1.82, 2.24) is 14.8 Å². The molecule has 0 bridgehead atoms. The highest BCUT2D eigenvalue weighted by Crippen LogP contribution is 2.35. The van der Waals surface area contributed by atoms with Gasteiger partial charge in [0.15, 0.2) is 5.82 Å². The third kappa shape index (κ3) is 2.07. The van der Waals surface area contributed by atoms with Crippen LogP contribution in [0.2, 0.25) is 0 Å². The summed E-state index contributed by atoms with van der Waals surface area (Å²) in [6.45, 7) is 0. The van der Waals surface area contributed by atoms with Gasteiger partial charge in [-0.25, -0.2) is 0 Å². The molecule has 4 rings (SSSR count). The molecule has 1 aliphatic carbocycles. The number of anilines is 1. The Hall–Kier alpha value is -2.36. The Morgan fingerprint density at radius 2 is 1.76 bits per heavy atom. The van der Waals surface area contributed by atoms with E-state index in [0.29, 0.717) is 6.04 Å². The van der Waals surface area contributed by atoms with Crippen LogP contribution in [0.4, 0.5) is 5.69 Å². The molecule has 0 unspecified atom stereocenters. The summed E-state index contributed by atoms with van der Waals surface area (Å²) >= 11 is 0. The van der Waals surface area contributed by atoms with Gasteiger partial charge in [0.1, 0.15) is 6.33 Å². The average Bonchev–Trinajstić information content (AvgIpc) is 3.17. The zero-order chi connectivity index (χ0) is 14.2. The lowest BCUT2D eigenvalue weighted by Gasteiger charge is -2.15. The van der Waals surface area contributed by atoms with Crippen LogP contribution in [-0.4, -0.2) is 14.8 Å². The van der Waals surface area contributed by atoms with Crippen molar-refractivity contribution < 1.29 is 0 Å². The smallest absolute Gasteiger partial charge is 0.166 e. The summed E-state index contributed by atoms with van der Waals surface area (Å²) in [7, 11) is 0. The fourth-order valence-electron chi connectivity index (χ4n) is 3.34. The topological polar surface area (TPSA) is 56.7 Å². The second kappa shape index (κ2) is 4.88. The maximum absolute atomic E-state index is 6.26. The maximum Gasteiger partial charge on any atom is 0.166 e. The zero-order valence-corrected chi connectivity index (χ0v) is 11.9. The molecule has 2 N–H and O–H groups in total. The van der Waals surface area contributed by atoms with Gasteiger partial charge in [-0.1, -0.05) is 37.1 Å². The summed E-state index contributed by atoms with van der Waals surface area (Å²) in [5, 5.41) is 10.8. The standard InChI is InChI=1S/C17H18N4/c18-16-10-13-6-2-1-5-12(13)9-15(16)17-20-19-11-21(17)14-7-3-4-8-14/h1-2,5-6,9-11,14H,3-4,7-8,18H2. The molecule has 1 heterocycles. The van der Waals surface area contributed by atoms with Gasteiger partial charge in [-0.3, -0.25) is 0 Å². The van der Waals surface area contributed by atoms with E-state index in [9.17, 15) is 0 Å². The van der Waals surface area contributed by atoms with Crippen LogP contribution in [-0.2, 0) is 0 Å². The minimum Gasteiger partial charge on any atom is -0.398 e. The van der Waals surface area contributed by atoms with E-state index in [1.165, 1.54) is 31.1 Å². The van der Waals surface area contributed by atoms with Crippen LogP contribution >= 0.6 is 0 Å². The van der Waals surface area contributed by atoms with Crippen molar-refractivity contribution in [2.24, 2.45) is 0 Å². The third-order valence-corrected chi connectivity index (χ3v) is 4.45. The molecule has 0 spiro atoms. The van der Waals surface area contributed by atoms with E-state index >= 15 is 0 Å². The first-order valence-electron chi connectivity index (χ1n) is 7.51. The van der Waals surface area contributed by atoms with Crippen LogP contribution in [0, 0.1) is 0 Å². The molecule has 1 aromatic heterocycles. The van der Waals surface area contributed by atoms with Crippen LogP contribution in [0.25, 0.3) is 22.2 Å². The molecule has 106 valence electrons. The first kappa shape index (κ1) is 12.4. The van der Waals surface area contributed by atoms with Crippen molar-refractivity contribution in [3.63, 3.8) is 0 Å². The Bertz CT molecular complexity index is 784. The molecular weight excluding hydrogens is 260 g/mol. The van der Waals surface area contributed by atoms with Gasteiger partial charge >= 0.3 is 0 Å². The van der Waals surface area contributed by atoms with E-state index < -0.39 is 0 Å². The van der Waals surface area contributed by atoms with Crippen molar-refractivity contribution in [2.75, 3.05) is 5.73 Å². The predicted molar refractivity (Wildman–Crippen MR) is 84.9 cm³/mol. The third-order valence-electron chi connectivity index (χ3n) is 4.45. The minimum atomic E-state index is 0.515. The van der Waals surface area contributed by atoms with Gasteiger partial charge in [-0.2, -0.15) is 0 Å². The summed E-state index contributed by atoms with van der Waals surface area (Å²) in [6, 6.07) is 12.9. The second-order valence-electron chi connectivity index (χ2n) is 5.79. The molecule has 21 heavy (non-hydrogen) atoms. The maximum atomic E-state index is 6.26. The molecule has 4 nitrogen and oxygen atoms in total. The fraction of sp³-hybridized carbons (Fsp3) is 0.294. The highest BCUT2D eigenvalue weighted by Gasteiger charge is 2.21. The number of aromatic nitrogens is 3. The molecule has 0 saturated heterocycles. The van der Waals surface area contributed by atoms with Crippen LogP contribution in [0.1, 0.15) is 31.7 Å². The van der Waals surface area contributed by atoms with Crippen LogP contribution in [0.5, 0.6) is 0 Å². The van der Waals surface area contributed by atoms with Gasteiger partial charge in [-0.15, -0.1) is 10.2 Å². The van der Waals surface area contributed by atoms with Gasteiger partial charge in [0.2, 0.25) is 0 Å². The summed E-state index contributed by atoms with van der Waals surface area (Å²) in [6.07, 6.45) is 6.84. The lowest BCUT2D eigenvalue weighted by atomic mass is 10.0. The molecule has 3 aromatic rings. The summed E-state index contributed by atoms with van der Waals surface area (Å²) < 4.78 is 2.20. The molecular formula is C17H18N4. The SMILES string of the molecule is Nc1cc2ccccc2cc1-c1nncn1C1CCCC1. The number of hydrogen-bond acceptors (Lipinski definition) is 3. The number of benzene rings is 2. The first-order chi connectivity index (χ1) is 10.3. The number of fused-ring (bicyclic) bond motifs is 1. The minimum absolute atomic E-state index is 0.515. The highest BCUT2D eigenvalue weighted by molar-refractivity contribution is 5.92. The predicted octanol–water partition coefficient (Wildman–Crippen LogP) is 3.80. The Kier molecular flexibility index (Phi) is 2.88. The highest BCUT2D eigenvalue weighted by atomic mass is 15.3. The zero-order valence-electron chi connectivity index (χ0n) is 11.9. The number of hydrogen-bond donors (Lipinski definition) is 1. The van der Waals surface area contributed by atoms with E-state index in [-0.39, 0.29) is 0 Å². The van der Waals surface area contributed by atoms with Gasteiger partial charge < -0.3 is 10.3 Å². The van der Waals surface area contributed by atoms with Crippen LogP contribution in [0.15, 0.2) is 42.7 Å². The molecule has 0 aliphatic heterocycles. The van der Waals surface area contributed by atoms with Crippen molar-refractivity contribution in [3.8, 4) is 11.4 Å². The van der Waals surface area contributed by atoms with Gasteiger partial charge in [0.05, 0.1) is 0 Å². The van der Waals surface area contributed by atoms with Crippen molar-refractivity contribution in [3.05, 3.63) is 42.7 Å². The quantitative estimate of drug-likeness (QED) is 0.725. The molecule has 1 saturated carbocycles. The van der Waals surface area contributed by atoms with E-state index in [1.54, 1.807) is 0 Å². The summed E-state index contributed by atoms with van der Waals surface area (Å²) in [4.78, 5) is 0. The largest absolute Gasteiger partial charge is 0.398 e. The summed E-state index contributed by atoms with van der Waals surface area (Å²) in [5.74, 6) is 0.894. The first-order valence-corrected chi connectivity index (χ1v) is 7.51. The number of nitrogen functional groups attached to an aromatic ring is 1. The van der Waals surface area contributed by atoms with Gasteiger partial charge in [-0.05, 0) is 35.7 Å². The number of rotatable bonds is 2. The van der Waals surface area contributed by atoms with Crippen molar-refractivity contribution in [2.45, 2.75) is 31.7 Å². The Balaban J connectivity index is 1.86. The van der Waals surface area contributed by atoms with Crippen LogP contribution in [0.3, 0.4) is 0 Å². The Labute approximate surface area is 123 Å². The monoisotopic (exact) mass is 278 g/mol. The van der Waals surface area contributed by atoms with E-state index in [2.05, 4.69) is 33.0 Å². The Morgan fingerprint density at radius 1 is 1.05 bits per heavy atom. The lowest BCUT2D eigenvalue weighted by molar-refractivity contribution is 0.522. The van der Waals surface area contributed by atoms with E-state index in [0.717, 1.165) is 22.5 Å². The summed E-state index contributed by atoms with van der Waals surface area (Å²) in [5.41, 5.74) is 8.01. The van der Waals surface area contributed by atoms with E-state index in [4.69, 9.17) is 5.73 Å². The molecule has 0 radical (unpaired) electrons. The normalized spacial score (nSPS) is 15.8. The fourth-order valence-corrected chi connectivity index (χ4v) is 3.34. The number of nitrogens with two attached hydrogens (primary N) is 1. The molecule has 4 heteroatoms. The molecule has 1 fully saturated rings. The average molecular weight is 278 g/mol. The van der Waals surface area contributed by atoms with Crippen LogP contribution < -0.4 is 5.73 Å². The molecule has 0 amide bonds. The second-order valence-corrected chi connectivity index (χ2v) is 5.79. The van der Waals surface area contributed by atoms with Crippen molar-refractivity contribution in [1.29, 1.82) is 0 Å². The number of nitrogens with zero attached hydrogens (tertiary/aromatic N) is 3. The van der Waals surface area contributed by atoms with Crippen molar-refractivity contribution >= 4 is 16.5 Å². The Morgan fingerprint density at radius 3 is 2.52 bits per heavy atom. The van der Waals surface area contributed by atoms with Gasteiger partial charge in [0.25, 0.3) is 0 Å². The van der Waals surface area contributed by atoms with Gasteiger partial charge in [0, 0.05) is 17.3 Å². The molecule has 0 atom stereocenters. The van der Waals surface area contributed by atoms with E-state index in [1.807, 2.05) is 24.5 Å². The lowest BCUT2D eigenvalue weighted by Crippen LogP contribution is -2.06. The molecule has 2 aromatic carbocycles.